The molecule has 0 atom stereocenters. The van der Waals surface area contributed by atoms with E-state index in [2.05, 4.69) is 55.0 Å². The first-order chi connectivity index (χ1) is 5.41. The highest BCUT2D eigenvalue weighted by molar-refractivity contribution is 6.91. The molecule has 0 saturated carbocycles. The van der Waals surface area contributed by atoms with Crippen LogP contribution >= 0.6 is 0 Å². The van der Waals surface area contributed by atoms with Crippen LogP contribution in [-0.4, -0.2) is 18.3 Å². The lowest BCUT2D eigenvalue weighted by Gasteiger charge is -2.19. The maximum atomic E-state index is 3.67. The summed E-state index contributed by atoms with van der Waals surface area (Å²) < 4.78 is 0. The van der Waals surface area contributed by atoms with Gasteiger partial charge in [0.05, 0.1) is 18.3 Å². The predicted octanol–water partition coefficient (Wildman–Crippen LogP) is 1.33. The van der Waals surface area contributed by atoms with Crippen LogP contribution in [0.5, 0.6) is 0 Å². The summed E-state index contributed by atoms with van der Waals surface area (Å²) in [6.45, 7) is 9.21. The first-order valence-corrected chi connectivity index (χ1v) is 8.24. The van der Waals surface area contributed by atoms with E-state index in [-0.39, 0.29) is 0 Å². The van der Waals surface area contributed by atoms with Gasteiger partial charge in [-0.2, -0.15) is 0 Å². The third-order valence-corrected chi connectivity index (χ3v) is 4.70. The first-order valence-electron chi connectivity index (χ1n) is 4.24. The highest BCUT2D eigenvalue weighted by atomic mass is 28.3. The van der Waals surface area contributed by atoms with E-state index in [1.54, 1.807) is 0 Å². The van der Waals surface area contributed by atoms with Crippen molar-refractivity contribution in [2.24, 2.45) is 0 Å². The number of hydrogen-bond donors (Lipinski definition) is 0. The molecule has 0 bridgehead atoms. The molecule has 1 rings (SSSR count). The van der Waals surface area contributed by atoms with Gasteiger partial charge in [0, 0.05) is 0 Å². The minimum absolute atomic E-state index is 1.15. The molecular formula is C10H15Si2. The van der Waals surface area contributed by atoms with E-state index in [0.29, 0.717) is 0 Å². The molecule has 0 nitrogen and oxygen atoms in total. The Morgan fingerprint density at radius 1 is 1.17 bits per heavy atom. The van der Waals surface area contributed by atoms with Crippen LogP contribution < -0.4 is 10.4 Å². The standard InChI is InChI=1S/C10H15Si2/c1-8-5-6-10(9(11)7-8)12(2,3)4/h5-7H,1-4H3. The Morgan fingerprint density at radius 2 is 1.75 bits per heavy atom. The zero-order valence-corrected chi connectivity index (χ0v) is 10.2. The van der Waals surface area contributed by atoms with E-state index < -0.39 is 8.07 Å². The molecule has 0 unspecified atom stereocenters. The average molecular weight is 191 g/mol. The van der Waals surface area contributed by atoms with Crippen LogP contribution in [-0.2, 0) is 0 Å². The van der Waals surface area contributed by atoms with Crippen molar-refractivity contribution in [2.45, 2.75) is 26.6 Å². The summed E-state index contributed by atoms with van der Waals surface area (Å²) in [5.74, 6) is 0. The highest BCUT2D eigenvalue weighted by Gasteiger charge is 2.17. The topological polar surface area (TPSA) is 0 Å². The maximum absolute atomic E-state index is 3.67. The number of hydrogen-bond acceptors (Lipinski definition) is 0. The fraction of sp³-hybridized carbons (Fsp3) is 0.400. The van der Waals surface area contributed by atoms with Crippen molar-refractivity contribution in [2.75, 3.05) is 0 Å². The molecule has 12 heavy (non-hydrogen) atoms. The summed E-state index contributed by atoms with van der Waals surface area (Å²) >= 11 is 0. The Morgan fingerprint density at radius 3 is 2.17 bits per heavy atom. The van der Waals surface area contributed by atoms with Gasteiger partial charge in [0.2, 0.25) is 0 Å². The molecule has 0 aliphatic rings. The molecule has 0 aliphatic heterocycles. The fourth-order valence-corrected chi connectivity index (χ4v) is 4.21. The van der Waals surface area contributed by atoms with Gasteiger partial charge in [-0.05, 0) is 6.92 Å². The lowest BCUT2D eigenvalue weighted by atomic mass is 10.2. The highest BCUT2D eigenvalue weighted by Crippen LogP contribution is 2.01. The Bertz CT molecular complexity index is 284. The predicted molar refractivity (Wildman–Crippen MR) is 59.5 cm³/mol. The number of aryl methyl sites for hydroxylation is 1. The van der Waals surface area contributed by atoms with Crippen LogP contribution in [0.2, 0.25) is 19.6 Å². The summed E-state index contributed by atoms with van der Waals surface area (Å²) in [5.41, 5.74) is 1.32. The second kappa shape index (κ2) is 3.19. The van der Waals surface area contributed by atoms with E-state index in [0.717, 1.165) is 0 Å². The summed E-state index contributed by atoms with van der Waals surface area (Å²) in [6.07, 6.45) is 0. The minimum atomic E-state index is -1.15. The monoisotopic (exact) mass is 191 g/mol. The van der Waals surface area contributed by atoms with Crippen molar-refractivity contribution in [3.8, 4) is 0 Å². The molecule has 0 aromatic heterocycles. The van der Waals surface area contributed by atoms with Crippen molar-refractivity contribution in [3.63, 3.8) is 0 Å². The number of benzene rings is 1. The van der Waals surface area contributed by atoms with E-state index in [1.807, 2.05) is 0 Å². The lowest BCUT2D eigenvalue weighted by Crippen LogP contribution is -2.46. The van der Waals surface area contributed by atoms with Crippen molar-refractivity contribution in [1.29, 1.82) is 0 Å². The van der Waals surface area contributed by atoms with E-state index >= 15 is 0 Å². The molecule has 63 valence electrons. The Hall–Kier alpha value is -0.346. The van der Waals surface area contributed by atoms with Gasteiger partial charge in [-0.25, -0.2) is 0 Å². The molecule has 0 aliphatic carbocycles. The third kappa shape index (κ3) is 2.08. The Kier molecular flexibility index (Phi) is 2.59. The third-order valence-electron chi connectivity index (χ3n) is 1.98. The Labute approximate surface area is 79.4 Å². The lowest BCUT2D eigenvalue weighted by molar-refractivity contribution is 1.50. The van der Waals surface area contributed by atoms with Gasteiger partial charge in [-0.1, -0.05) is 53.8 Å². The van der Waals surface area contributed by atoms with Gasteiger partial charge < -0.3 is 0 Å². The summed E-state index contributed by atoms with van der Waals surface area (Å²) in [4.78, 5) is 0. The summed E-state index contributed by atoms with van der Waals surface area (Å²) in [6, 6.07) is 6.64. The molecule has 0 N–H and O–H groups in total. The smallest absolute Gasteiger partial charge is 0.0678 e. The van der Waals surface area contributed by atoms with Gasteiger partial charge in [-0.3, -0.25) is 0 Å². The van der Waals surface area contributed by atoms with E-state index in [9.17, 15) is 0 Å². The molecule has 0 amide bonds. The first kappa shape index (κ1) is 9.74. The van der Waals surface area contributed by atoms with Crippen molar-refractivity contribution >= 4 is 28.7 Å². The van der Waals surface area contributed by atoms with Crippen LogP contribution in [0.4, 0.5) is 0 Å². The van der Waals surface area contributed by atoms with Crippen LogP contribution in [0.1, 0.15) is 5.56 Å². The molecule has 0 saturated heterocycles. The van der Waals surface area contributed by atoms with Crippen LogP contribution in [0.15, 0.2) is 18.2 Å². The zero-order chi connectivity index (χ0) is 9.35. The largest absolute Gasteiger partial charge is 0.0774 e. The quantitative estimate of drug-likeness (QED) is 0.588. The SMILES string of the molecule is Cc1ccc([Si](C)(C)C)c([Si])c1. The molecule has 3 radical (unpaired) electrons. The molecular weight excluding hydrogens is 176 g/mol. The second-order valence-electron chi connectivity index (χ2n) is 4.30. The Balaban J connectivity index is 3.19. The summed E-state index contributed by atoms with van der Waals surface area (Å²) in [7, 11) is 2.52. The molecule has 1 aromatic carbocycles. The van der Waals surface area contributed by atoms with Crippen molar-refractivity contribution in [1.82, 2.24) is 0 Å². The fourth-order valence-electron chi connectivity index (χ4n) is 1.31. The normalized spacial score (nSPS) is 11.8. The van der Waals surface area contributed by atoms with Crippen molar-refractivity contribution in [3.05, 3.63) is 23.8 Å². The van der Waals surface area contributed by atoms with E-state index in [1.165, 1.54) is 15.9 Å². The van der Waals surface area contributed by atoms with Gasteiger partial charge in [0.1, 0.15) is 0 Å². The molecule has 0 fully saturated rings. The van der Waals surface area contributed by atoms with Crippen LogP contribution in [0, 0.1) is 6.92 Å². The molecule has 0 spiro atoms. The van der Waals surface area contributed by atoms with Crippen LogP contribution in [0.3, 0.4) is 0 Å². The van der Waals surface area contributed by atoms with Crippen LogP contribution in [0.25, 0.3) is 0 Å². The summed E-state index contributed by atoms with van der Waals surface area (Å²) in [5, 5.41) is 2.78. The zero-order valence-electron chi connectivity index (χ0n) is 8.23. The van der Waals surface area contributed by atoms with E-state index in [4.69, 9.17) is 0 Å². The maximum Gasteiger partial charge on any atom is 0.0774 e. The molecule has 0 heterocycles. The van der Waals surface area contributed by atoms with Gasteiger partial charge in [0.15, 0.2) is 0 Å². The minimum Gasteiger partial charge on any atom is -0.0678 e. The second-order valence-corrected chi connectivity index (χ2v) is 9.88. The number of rotatable bonds is 1. The van der Waals surface area contributed by atoms with Gasteiger partial charge in [0.25, 0.3) is 0 Å². The van der Waals surface area contributed by atoms with Crippen molar-refractivity contribution < 1.29 is 0 Å². The molecule has 2 heteroatoms. The average Bonchev–Trinajstić information content (AvgIpc) is 1.83. The molecule has 1 aromatic rings. The van der Waals surface area contributed by atoms with Gasteiger partial charge >= 0.3 is 0 Å². The van der Waals surface area contributed by atoms with Gasteiger partial charge in [-0.15, -0.1) is 0 Å².